The highest BCUT2D eigenvalue weighted by molar-refractivity contribution is 5.73. The van der Waals surface area contributed by atoms with Crippen molar-refractivity contribution in [1.82, 2.24) is 0 Å². The first-order valence-electron chi connectivity index (χ1n) is 7.56. The van der Waals surface area contributed by atoms with Crippen molar-refractivity contribution in [2.24, 2.45) is 22.7 Å². The fourth-order valence-corrected chi connectivity index (χ4v) is 5.51. The van der Waals surface area contributed by atoms with Gasteiger partial charge in [-0.3, -0.25) is 4.79 Å². The molecule has 5 unspecified atom stereocenters. The molecule has 0 radical (unpaired) electrons. The lowest BCUT2D eigenvalue weighted by atomic mass is 9.45. The van der Waals surface area contributed by atoms with Crippen LogP contribution in [-0.2, 0) is 9.53 Å². The summed E-state index contributed by atoms with van der Waals surface area (Å²) < 4.78 is 19.9. The Kier molecular flexibility index (Phi) is 2.63. The van der Waals surface area contributed by atoms with E-state index in [-0.39, 0.29) is 28.3 Å². The van der Waals surface area contributed by atoms with E-state index in [1.54, 1.807) is 0 Å². The van der Waals surface area contributed by atoms with Gasteiger partial charge in [0.25, 0.3) is 0 Å². The molecule has 2 saturated carbocycles. The van der Waals surface area contributed by atoms with Gasteiger partial charge in [0.1, 0.15) is 11.8 Å². The maximum atomic E-state index is 14.3. The van der Waals surface area contributed by atoms with Crippen LogP contribution in [0.3, 0.4) is 0 Å². The third-order valence-electron chi connectivity index (χ3n) is 6.62. The zero-order chi connectivity index (χ0) is 14.1. The summed E-state index contributed by atoms with van der Waals surface area (Å²) in [6.07, 6.45) is 3.19. The second-order valence-corrected chi connectivity index (χ2v) is 7.97. The number of halogens is 1. The van der Waals surface area contributed by atoms with Crippen molar-refractivity contribution in [3.05, 3.63) is 0 Å². The van der Waals surface area contributed by atoms with E-state index in [0.29, 0.717) is 18.8 Å². The smallest absolute Gasteiger partial charge is 0.306 e. The van der Waals surface area contributed by atoms with Crippen molar-refractivity contribution in [1.29, 1.82) is 0 Å². The molecular formula is C16H25FO2. The van der Waals surface area contributed by atoms with Crippen LogP contribution in [0.4, 0.5) is 4.39 Å². The van der Waals surface area contributed by atoms with E-state index < -0.39 is 6.17 Å². The van der Waals surface area contributed by atoms with Crippen LogP contribution in [0.25, 0.3) is 0 Å². The van der Waals surface area contributed by atoms with Crippen LogP contribution in [-0.4, -0.2) is 17.7 Å². The molecule has 0 aromatic carbocycles. The van der Waals surface area contributed by atoms with Crippen molar-refractivity contribution in [3.8, 4) is 0 Å². The predicted octanol–water partition coefficient (Wildman–Crippen LogP) is 3.88. The number of hydrogen-bond donors (Lipinski definition) is 0. The molecule has 0 spiro atoms. The molecule has 19 heavy (non-hydrogen) atoms. The Morgan fingerprint density at radius 1 is 1.11 bits per heavy atom. The van der Waals surface area contributed by atoms with Gasteiger partial charge in [-0.1, -0.05) is 20.8 Å². The largest absolute Gasteiger partial charge is 0.459 e. The van der Waals surface area contributed by atoms with Gasteiger partial charge in [-0.2, -0.15) is 0 Å². The Hall–Kier alpha value is -0.600. The second kappa shape index (κ2) is 3.73. The van der Waals surface area contributed by atoms with E-state index >= 15 is 0 Å². The monoisotopic (exact) mass is 268 g/mol. The third kappa shape index (κ3) is 1.62. The lowest BCUT2D eigenvalue weighted by molar-refractivity contribution is -0.174. The van der Waals surface area contributed by atoms with Crippen LogP contribution >= 0.6 is 0 Å². The number of carbonyl (C=O) groups excluding carboxylic acids is 1. The molecule has 0 N–H and O–H groups in total. The summed E-state index contributed by atoms with van der Waals surface area (Å²) in [7, 11) is 0. The Labute approximate surface area is 115 Å². The molecular weight excluding hydrogens is 243 g/mol. The molecule has 0 aromatic heterocycles. The number of esters is 1. The normalized spacial score (nSPS) is 52.3. The van der Waals surface area contributed by atoms with Gasteiger partial charge in [0, 0.05) is 5.92 Å². The van der Waals surface area contributed by atoms with E-state index in [1.807, 2.05) is 0 Å². The molecule has 2 aliphatic carbocycles. The second-order valence-electron chi connectivity index (χ2n) is 7.97. The summed E-state index contributed by atoms with van der Waals surface area (Å²) in [6, 6.07) is 0. The molecule has 1 aliphatic heterocycles. The van der Waals surface area contributed by atoms with Gasteiger partial charge in [-0.25, -0.2) is 4.39 Å². The molecule has 5 atom stereocenters. The quantitative estimate of drug-likeness (QED) is 0.623. The van der Waals surface area contributed by atoms with E-state index in [2.05, 4.69) is 27.7 Å². The van der Waals surface area contributed by atoms with Gasteiger partial charge < -0.3 is 4.74 Å². The van der Waals surface area contributed by atoms with Crippen molar-refractivity contribution >= 4 is 5.97 Å². The number of ether oxygens (including phenoxy) is 1. The Morgan fingerprint density at radius 2 is 1.79 bits per heavy atom. The highest BCUT2D eigenvalue weighted by atomic mass is 19.1. The summed E-state index contributed by atoms with van der Waals surface area (Å²) in [5, 5.41) is 0. The molecule has 1 saturated heterocycles. The lowest BCUT2D eigenvalue weighted by Crippen LogP contribution is -2.58. The van der Waals surface area contributed by atoms with Gasteiger partial charge >= 0.3 is 5.97 Å². The van der Waals surface area contributed by atoms with Crippen LogP contribution < -0.4 is 0 Å². The molecule has 108 valence electrons. The molecule has 2 nitrogen and oxygen atoms in total. The molecule has 3 fully saturated rings. The number of rotatable bonds is 0. The summed E-state index contributed by atoms with van der Waals surface area (Å²) in [4.78, 5) is 11.8. The van der Waals surface area contributed by atoms with E-state index in [0.717, 1.165) is 19.3 Å². The minimum atomic E-state index is -0.715. The molecule has 3 aliphatic rings. The SMILES string of the molecule is CC12CCC3C(C)(C)C(F)CCC3(C)C1CC(=O)O2. The van der Waals surface area contributed by atoms with Crippen LogP contribution in [0.2, 0.25) is 0 Å². The Balaban J connectivity index is 2.00. The lowest BCUT2D eigenvalue weighted by Gasteiger charge is -2.60. The highest BCUT2D eigenvalue weighted by Gasteiger charge is 2.64. The summed E-state index contributed by atoms with van der Waals surface area (Å²) in [5.41, 5.74) is -0.535. The molecule has 3 rings (SSSR count). The maximum absolute atomic E-state index is 14.3. The number of carbonyl (C=O) groups is 1. The number of fused-ring (bicyclic) bond motifs is 3. The fourth-order valence-electron chi connectivity index (χ4n) is 5.51. The zero-order valence-electron chi connectivity index (χ0n) is 12.5. The third-order valence-corrected chi connectivity index (χ3v) is 6.62. The average Bonchev–Trinajstić information content (AvgIpc) is 2.61. The molecule has 0 aromatic rings. The van der Waals surface area contributed by atoms with Crippen molar-refractivity contribution in [2.75, 3.05) is 0 Å². The van der Waals surface area contributed by atoms with E-state index in [4.69, 9.17) is 4.74 Å². The topological polar surface area (TPSA) is 26.3 Å². The summed E-state index contributed by atoms with van der Waals surface area (Å²) in [6.45, 7) is 8.49. The van der Waals surface area contributed by atoms with Gasteiger partial charge in [0.15, 0.2) is 0 Å². The van der Waals surface area contributed by atoms with Crippen LogP contribution in [0.5, 0.6) is 0 Å². The molecule has 0 amide bonds. The summed E-state index contributed by atoms with van der Waals surface area (Å²) >= 11 is 0. The standard InChI is InChI=1S/C16H25FO2/c1-14(2)10-5-8-16(4)11(9-13(18)19-16)15(10,3)7-6-12(14)17/h10-12H,5-9H2,1-4H3. The molecule has 0 bridgehead atoms. The van der Waals surface area contributed by atoms with Gasteiger partial charge in [-0.05, 0) is 49.4 Å². The van der Waals surface area contributed by atoms with Gasteiger partial charge in [0.05, 0.1) is 6.42 Å². The maximum Gasteiger partial charge on any atom is 0.306 e. The first-order valence-corrected chi connectivity index (χ1v) is 7.56. The van der Waals surface area contributed by atoms with Crippen molar-refractivity contribution in [3.63, 3.8) is 0 Å². The highest BCUT2D eigenvalue weighted by Crippen LogP contribution is 2.65. The minimum Gasteiger partial charge on any atom is -0.459 e. The first-order chi connectivity index (χ1) is 8.70. The van der Waals surface area contributed by atoms with E-state index in [1.165, 1.54) is 0 Å². The van der Waals surface area contributed by atoms with Crippen LogP contribution in [0.15, 0.2) is 0 Å². The number of alkyl halides is 1. The first kappa shape index (κ1) is 13.4. The summed E-state index contributed by atoms with van der Waals surface area (Å²) in [5.74, 6) is 0.559. The molecule has 1 heterocycles. The van der Waals surface area contributed by atoms with Gasteiger partial charge in [0.2, 0.25) is 0 Å². The predicted molar refractivity (Wildman–Crippen MR) is 71.3 cm³/mol. The van der Waals surface area contributed by atoms with Gasteiger partial charge in [-0.15, -0.1) is 0 Å². The van der Waals surface area contributed by atoms with Crippen molar-refractivity contribution < 1.29 is 13.9 Å². The van der Waals surface area contributed by atoms with Crippen LogP contribution in [0, 0.1) is 22.7 Å². The molecule has 3 heteroatoms. The number of hydrogen-bond acceptors (Lipinski definition) is 2. The van der Waals surface area contributed by atoms with E-state index in [9.17, 15) is 9.18 Å². The zero-order valence-corrected chi connectivity index (χ0v) is 12.5. The van der Waals surface area contributed by atoms with Crippen LogP contribution in [0.1, 0.15) is 59.8 Å². The average molecular weight is 268 g/mol. The van der Waals surface area contributed by atoms with Crippen molar-refractivity contribution in [2.45, 2.75) is 71.6 Å². The Bertz CT molecular complexity index is 419. The minimum absolute atomic E-state index is 0.0469. The fraction of sp³-hybridized carbons (Fsp3) is 0.938. The Morgan fingerprint density at radius 3 is 2.47 bits per heavy atom.